The van der Waals surface area contributed by atoms with Crippen molar-refractivity contribution >= 4 is 28.8 Å². The number of amides is 2. The predicted octanol–water partition coefficient (Wildman–Crippen LogP) is 2.64. The van der Waals surface area contributed by atoms with Gasteiger partial charge in [0.15, 0.2) is 0 Å². The molecule has 1 unspecified atom stereocenters. The molecule has 5 nitrogen and oxygen atoms in total. The Morgan fingerprint density at radius 2 is 1.79 bits per heavy atom. The molecule has 128 valence electrons. The van der Waals surface area contributed by atoms with E-state index < -0.39 is 17.4 Å². The molecule has 1 heterocycles. The minimum atomic E-state index is -1.21. The van der Waals surface area contributed by atoms with Gasteiger partial charge in [-0.1, -0.05) is 23.8 Å². The van der Waals surface area contributed by atoms with E-state index in [9.17, 15) is 14.7 Å². The van der Waals surface area contributed by atoms with Crippen LogP contribution in [0.1, 0.15) is 28.5 Å². The quantitative estimate of drug-likeness (QED) is 0.745. The SMILES string of the molecule is Cc1cc(C)c(NC(=O)C(=O)NCC(C)(O)c2cccs2)c(C)c1. The summed E-state index contributed by atoms with van der Waals surface area (Å²) < 4.78 is 0. The molecule has 0 spiro atoms. The predicted molar refractivity (Wildman–Crippen MR) is 96.2 cm³/mol. The number of hydrogen-bond donors (Lipinski definition) is 3. The van der Waals surface area contributed by atoms with Crippen LogP contribution in [-0.4, -0.2) is 23.5 Å². The molecule has 2 amide bonds. The van der Waals surface area contributed by atoms with E-state index in [0.717, 1.165) is 21.6 Å². The average molecular weight is 346 g/mol. The largest absolute Gasteiger partial charge is 0.383 e. The Morgan fingerprint density at radius 1 is 1.17 bits per heavy atom. The Bertz CT molecular complexity index is 729. The van der Waals surface area contributed by atoms with Crippen molar-refractivity contribution in [3.63, 3.8) is 0 Å². The summed E-state index contributed by atoms with van der Waals surface area (Å²) in [6.07, 6.45) is 0. The van der Waals surface area contributed by atoms with Gasteiger partial charge >= 0.3 is 11.8 Å². The van der Waals surface area contributed by atoms with E-state index >= 15 is 0 Å². The van der Waals surface area contributed by atoms with Crippen molar-refractivity contribution < 1.29 is 14.7 Å². The smallest absolute Gasteiger partial charge is 0.313 e. The Kier molecular flexibility index (Phi) is 5.41. The van der Waals surface area contributed by atoms with Crippen molar-refractivity contribution in [1.29, 1.82) is 0 Å². The van der Waals surface area contributed by atoms with Gasteiger partial charge in [0, 0.05) is 10.6 Å². The zero-order valence-electron chi connectivity index (χ0n) is 14.3. The van der Waals surface area contributed by atoms with Crippen molar-refractivity contribution in [3.05, 3.63) is 51.2 Å². The zero-order chi connectivity index (χ0) is 17.9. The van der Waals surface area contributed by atoms with Crippen molar-refractivity contribution in [2.75, 3.05) is 11.9 Å². The summed E-state index contributed by atoms with van der Waals surface area (Å²) in [5.74, 6) is -1.52. The molecule has 0 saturated heterocycles. The number of thiophene rings is 1. The number of nitrogens with one attached hydrogen (secondary N) is 2. The Hall–Kier alpha value is -2.18. The van der Waals surface area contributed by atoms with Crippen molar-refractivity contribution in [2.45, 2.75) is 33.3 Å². The highest BCUT2D eigenvalue weighted by atomic mass is 32.1. The highest BCUT2D eigenvalue weighted by molar-refractivity contribution is 7.10. The normalized spacial score (nSPS) is 13.2. The monoisotopic (exact) mass is 346 g/mol. The molecule has 1 aromatic heterocycles. The first-order chi connectivity index (χ1) is 11.2. The maximum absolute atomic E-state index is 12.1. The van der Waals surface area contributed by atoms with Crippen LogP contribution in [0, 0.1) is 20.8 Å². The summed E-state index contributed by atoms with van der Waals surface area (Å²) in [7, 11) is 0. The van der Waals surface area contributed by atoms with Crippen LogP contribution in [0.5, 0.6) is 0 Å². The molecule has 0 bridgehead atoms. The third-order valence-corrected chi connectivity index (χ3v) is 4.89. The molecule has 1 aromatic carbocycles. The molecule has 0 aliphatic carbocycles. The van der Waals surface area contributed by atoms with Crippen LogP contribution in [0.3, 0.4) is 0 Å². The second-order valence-corrected chi connectivity index (χ2v) is 7.11. The highest BCUT2D eigenvalue weighted by Gasteiger charge is 2.26. The third kappa shape index (κ3) is 4.21. The van der Waals surface area contributed by atoms with Crippen LogP contribution in [-0.2, 0) is 15.2 Å². The van der Waals surface area contributed by atoms with Gasteiger partial charge in [0.05, 0.1) is 6.54 Å². The molecule has 24 heavy (non-hydrogen) atoms. The molecule has 3 N–H and O–H groups in total. The highest BCUT2D eigenvalue weighted by Crippen LogP contribution is 2.24. The number of aryl methyl sites for hydroxylation is 3. The first kappa shape index (κ1) is 18.2. The first-order valence-electron chi connectivity index (χ1n) is 7.64. The Morgan fingerprint density at radius 3 is 2.33 bits per heavy atom. The number of anilines is 1. The molecular formula is C18H22N2O3S. The zero-order valence-corrected chi connectivity index (χ0v) is 15.1. The van der Waals surface area contributed by atoms with Gasteiger partial charge in [-0.3, -0.25) is 9.59 Å². The summed E-state index contributed by atoms with van der Waals surface area (Å²) in [5, 5.41) is 17.4. The number of carbonyl (C=O) groups is 2. The van der Waals surface area contributed by atoms with Crippen LogP contribution < -0.4 is 10.6 Å². The lowest BCUT2D eigenvalue weighted by molar-refractivity contribution is -0.136. The molecule has 2 rings (SSSR count). The van der Waals surface area contributed by atoms with Gasteiger partial charge in [-0.15, -0.1) is 11.3 Å². The minimum Gasteiger partial charge on any atom is -0.383 e. The van der Waals surface area contributed by atoms with Gasteiger partial charge in [0.1, 0.15) is 5.60 Å². The molecular weight excluding hydrogens is 324 g/mol. The van der Waals surface area contributed by atoms with Gasteiger partial charge < -0.3 is 15.7 Å². The fourth-order valence-corrected chi connectivity index (χ4v) is 3.34. The van der Waals surface area contributed by atoms with Gasteiger partial charge in [-0.2, -0.15) is 0 Å². The summed E-state index contributed by atoms with van der Waals surface area (Å²) >= 11 is 1.40. The van der Waals surface area contributed by atoms with Crippen molar-refractivity contribution in [2.24, 2.45) is 0 Å². The first-order valence-corrected chi connectivity index (χ1v) is 8.52. The average Bonchev–Trinajstić information content (AvgIpc) is 3.03. The van der Waals surface area contributed by atoms with E-state index in [2.05, 4.69) is 10.6 Å². The van der Waals surface area contributed by atoms with E-state index in [1.807, 2.05) is 44.4 Å². The van der Waals surface area contributed by atoms with Crippen LogP contribution in [0.15, 0.2) is 29.6 Å². The number of rotatable bonds is 4. The Labute approximate surface area is 145 Å². The summed E-state index contributed by atoms with van der Waals surface area (Å²) in [5.41, 5.74) is 2.34. The molecule has 0 radical (unpaired) electrons. The van der Waals surface area contributed by atoms with Crippen molar-refractivity contribution in [3.8, 4) is 0 Å². The molecule has 0 saturated carbocycles. The van der Waals surface area contributed by atoms with Gasteiger partial charge in [0.25, 0.3) is 0 Å². The van der Waals surface area contributed by atoms with Crippen LogP contribution >= 0.6 is 11.3 Å². The van der Waals surface area contributed by atoms with E-state index in [1.165, 1.54) is 11.3 Å². The van der Waals surface area contributed by atoms with Gasteiger partial charge in [-0.25, -0.2) is 0 Å². The van der Waals surface area contributed by atoms with Gasteiger partial charge in [0.2, 0.25) is 0 Å². The Balaban J connectivity index is 2.00. The fraction of sp³-hybridized carbons (Fsp3) is 0.333. The lowest BCUT2D eigenvalue weighted by Gasteiger charge is -2.22. The molecule has 2 aromatic rings. The number of benzene rings is 1. The summed E-state index contributed by atoms with van der Waals surface area (Å²) in [4.78, 5) is 24.9. The van der Waals surface area contributed by atoms with Crippen molar-refractivity contribution in [1.82, 2.24) is 5.32 Å². The number of aliphatic hydroxyl groups is 1. The molecule has 0 aliphatic rings. The molecule has 0 fully saturated rings. The maximum atomic E-state index is 12.1. The number of hydrogen-bond acceptors (Lipinski definition) is 4. The molecule has 1 atom stereocenters. The van der Waals surface area contributed by atoms with Crippen LogP contribution in [0.4, 0.5) is 5.69 Å². The number of carbonyl (C=O) groups excluding carboxylic acids is 2. The van der Waals surface area contributed by atoms with E-state index in [-0.39, 0.29) is 6.54 Å². The van der Waals surface area contributed by atoms with Crippen LogP contribution in [0.25, 0.3) is 0 Å². The molecule has 0 aliphatic heterocycles. The summed E-state index contributed by atoms with van der Waals surface area (Å²) in [6, 6.07) is 7.51. The minimum absolute atomic E-state index is 0.0361. The lowest BCUT2D eigenvalue weighted by Crippen LogP contribution is -2.43. The van der Waals surface area contributed by atoms with E-state index in [1.54, 1.807) is 13.0 Å². The van der Waals surface area contributed by atoms with E-state index in [4.69, 9.17) is 0 Å². The topological polar surface area (TPSA) is 78.4 Å². The van der Waals surface area contributed by atoms with Crippen LogP contribution in [0.2, 0.25) is 0 Å². The standard InChI is InChI=1S/C18H22N2O3S/c1-11-8-12(2)15(13(3)9-11)20-17(22)16(21)19-10-18(4,23)14-6-5-7-24-14/h5-9,23H,10H2,1-4H3,(H,19,21)(H,20,22). The van der Waals surface area contributed by atoms with Gasteiger partial charge in [-0.05, 0) is 50.3 Å². The second-order valence-electron chi connectivity index (χ2n) is 6.16. The molecule has 6 heteroatoms. The third-order valence-electron chi connectivity index (χ3n) is 3.77. The summed E-state index contributed by atoms with van der Waals surface area (Å²) in [6.45, 7) is 7.31. The second kappa shape index (κ2) is 7.15. The van der Waals surface area contributed by atoms with E-state index in [0.29, 0.717) is 5.69 Å². The maximum Gasteiger partial charge on any atom is 0.313 e. The fourth-order valence-electron chi connectivity index (χ4n) is 2.55. The lowest BCUT2D eigenvalue weighted by atomic mass is 10.0.